The van der Waals surface area contributed by atoms with Crippen molar-refractivity contribution >= 4 is 38.7 Å². The Hall–Kier alpha value is -2.06. The highest BCUT2D eigenvalue weighted by molar-refractivity contribution is 9.10. The van der Waals surface area contributed by atoms with E-state index >= 15 is 0 Å². The summed E-state index contributed by atoms with van der Waals surface area (Å²) in [4.78, 5) is 26.4. The van der Waals surface area contributed by atoms with Crippen LogP contribution in [0.2, 0.25) is 0 Å². The zero-order valence-corrected chi connectivity index (χ0v) is 16.3. The Labute approximate surface area is 159 Å². The SMILES string of the molecule is CC(C)Oc1cc(C(=O)NCC(=O)N2CCOCC2)cc2oc(Br)cc12. The molecule has 0 spiro atoms. The maximum absolute atomic E-state index is 12.5. The minimum atomic E-state index is -0.352. The van der Waals surface area contributed by atoms with Gasteiger partial charge in [0.2, 0.25) is 5.91 Å². The maximum atomic E-state index is 12.5. The van der Waals surface area contributed by atoms with Gasteiger partial charge in [-0.3, -0.25) is 9.59 Å². The minimum Gasteiger partial charge on any atom is -0.490 e. The second-order valence-electron chi connectivity index (χ2n) is 6.28. The number of fused-ring (bicyclic) bond motifs is 1. The largest absolute Gasteiger partial charge is 0.490 e. The molecule has 2 amide bonds. The van der Waals surface area contributed by atoms with E-state index in [1.165, 1.54) is 0 Å². The van der Waals surface area contributed by atoms with E-state index in [0.717, 1.165) is 5.39 Å². The van der Waals surface area contributed by atoms with Crippen molar-refractivity contribution < 1.29 is 23.5 Å². The second kappa shape index (κ2) is 8.09. The molecular formula is C18H21BrN2O5. The number of carbonyl (C=O) groups excluding carboxylic acids is 2. The first-order valence-corrected chi connectivity index (χ1v) is 9.27. The zero-order valence-electron chi connectivity index (χ0n) is 14.7. The Morgan fingerprint density at radius 1 is 1.27 bits per heavy atom. The van der Waals surface area contributed by atoms with Crippen molar-refractivity contribution in [3.8, 4) is 5.75 Å². The van der Waals surface area contributed by atoms with Crippen molar-refractivity contribution in [3.63, 3.8) is 0 Å². The van der Waals surface area contributed by atoms with E-state index in [2.05, 4.69) is 21.2 Å². The van der Waals surface area contributed by atoms with Gasteiger partial charge >= 0.3 is 0 Å². The van der Waals surface area contributed by atoms with Crippen molar-refractivity contribution in [2.45, 2.75) is 20.0 Å². The molecule has 8 heteroatoms. The third-order valence-corrected chi connectivity index (χ3v) is 4.35. The number of halogens is 1. The molecule has 1 N–H and O–H groups in total. The van der Waals surface area contributed by atoms with Crippen molar-refractivity contribution in [2.24, 2.45) is 0 Å². The number of hydrogen-bond donors (Lipinski definition) is 1. The van der Waals surface area contributed by atoms with Crippen LogP contribution in [0.15, 0.2) is 27.3 Å². The summed E-state index contributed by atoms with van der Waals surface area (Å²) in [5.41, 5.74) is 0.921. The fourth-order valence-electron chi connectivity index (χ4n) is 2.74. The smallest absolute Gasteiger partial charge is 0.251 e. The van der Waals surface area contributed by atoms with Crippen LogP contribution in [0.25, 0.3) is 11.0 Å². The van der Waals surface area contributed by atoms with Crippen molar-refractivity contribution in [2.75, 3.05) is 32.8 Å². The molecule has 1 aliphatic heterocycles. The van der Waals surface area contributed by atoms with E-state index in [-0.39, 0.29) is 24.5 Å². The van der Waals surface area contributed by atoms with Crippen LogP contribution in [-0.2, 0) is 9.53 Å². The quantitative estimate of drug-likeness (QED) is 0.797. The van der Waals surface area contributed by atoms with Gasteiger partial charge in [-0.15, -0.1) is 0 Å². The number of nitrogens with one attached hydrogen (secondary N) is 1. The lowest BCUT2D eigenvalue weighted by Crippen LogP contribution is -2.45. The molecule has 1 aromatic heterocycles. The summed E-state index contributed by atoms with van der Waals surface area (Å²) in [6, 6.07) is 5.11. The fourth-order valence-corrected chi connectivity index (χ4v) is 3.14. The summed E-state index contributed by atoms with van der Waals surface area (Å²) in [5, 5.41) is 3.45. The average molecular weight is 425 g/mol. The minimum absolute atomic E-state index is 0.0481. The summed E-state index contributed by atoms with van der Waals surface area (Å²) in [7, 11) is 0. The number of rotatable bonds is 5. The summed E-state index contributed by atoms with van der Waals surface area (Å²) >= 11 is 3.30. The third-order valence-electron chi connectivity index (χ3n) is 3.96. The van der Waals surface area contributed by atoms with Crippen molar-refractivity contribution in [3.05, 3.63) is 28.4 Å². The molecule has 26 heavy (non-hydrogen) atoms. The van der Waals surface area contributed by atoms with E-state index in [1.54, 1.807) is 23.1 Å². The highest BCUT2D eigenvalue weighted by Crippen LogP contribution is 2.33. The van der Waals surface area contributed by atoms with Gasteiger partial charge in [0.25, 0.3) is 5.91 Å². The van der Waals surface area contributed by atoms with Crippen molar-refractivity contribution in [1.29, 1.82) is 0 Å². The number of amides is 2. The Bertz CT molecular complexity index is 811. The normalized spacial score (nSPS) is 14.7. The van der Waals surface area contributed by atoms with Gasteiger partial charge in [-0.2, -0.15) is 0 Å². The molecule has 0 radical (unpaired) electrons. The van der Waals surface area contributed by atoms with Crippen LogP contribution in [-0.4, -0.2) is 55.7 Å². The molecule has 1 aliphatic rings. The highest BCUT2D eigenvalue weighted by Gasteiger charge is 2.19. The maximum Gasteiger partial charge on any atom is 0.251 e. The molecule has 0 saturated carbocycles. The van der Waals surface area contributed by atoms with Gasteiger partial charge in [-0.1, -0.05) is 0 Å². The number of morpholine rings is 1. The van der Waals surface area contributed by atoms with Crippen LogP contribution in [0, 0.1) is 0 Å². The zero-order chi connectivity index (χ0) is 18.7. The molecule has 2 heterocycles. The van der Waals surface area contributed by atoms with Gasteiger partial charge in [-0.25, -0.2) is 0 Å². The third kappa shape index (κ3) is 4.37. The van der Waals surface area contributed by atoms with Crippen LogP contribution in [0.1, 0.15) is 24.2 Å². The Morgan fingerprint density at radius 3 is 2.69 bits per heavy atom. The monoisotopic (exact) mass is 424 g/mol. The first-order chi connectivity index (χ1) is 12.4. The summed E-state index contributed by atoms with van der Waals surface area (Å²) in [6.45, 7) is 5.92. The lowest BCUT2D eigenvalue weighted by Gasteiger charge is -2.26. The summed E-state index contributed by atoms with van der Waals surface area (Å²) < 4.78 is 17.2. The van der Waals surface area contributed by atoms with E-state index in [0.29, 0.717) is 47.9 Å². The lowest BCUT2D eigenvalue weighted by molar-refractivity contribution is -0.134. The number of furan rings is 1. The first-order valence-electron chi connectivity index (χ1n) is 8.47. The predicted molar refractivity (Wildman–Crippen MR) is 99.4 cm³/mol. The Kier molecular flexibility index (Phi) is 5.83. The van der Waals surface area contributed by atoms with E-state index in [1.807, 2.05) is 13.8 Å². The first kappa shape index (κ1) is 18.7. The topological polar surface area (TPSA) is 81.0 Å². The standard InChI is InChI=1S/C18H21BrN2O5/c1-11(2)25-14-7-12(8-15-13(14)9-16(19)26-15)18(23)20-10-17(22)21-3-5-24-6-4-21/h7-9,11H,3-6,10H2,1-2H3,(H,20,23). The Balaban J connectivity index is 1.73. The molecule has 0 aliphatic carbocycles. The number of hydrogen-bond acceptors (Lipinski definition) is 5. The number of carbonyl (C=O) groups is 2. The van der Waals surface area contributed by atoms with Crippen LogP contribution >= 0.6 is 15.9 Å². The van der Waals surface area contributed by atoms with E-state index in [4.69, 9.17) is 13.9 Å². The molecule has 140 valence electrons. The number of ether oxygens (including phenoxy) is 2. The molecule has 1 saturated heterocycles. The van der Waals surface area contributed by atoms with Crippen LogP contribution in [0.3, 0.4) is 0 Å². The average Bonchev–Trinajstić information content (AvgIpc) is 3.00. The van der Waals surface area contributed by atoms with E-state index in [9.17, 15) is 9.59 Å². The summed E-state index contributed by atoms with van der Waals surface area (Å²) in [5.74, 6) is 0.0911. The van der Waals surface area contributed by atoms with Gasteiger partial charge in [0.05, 0.1) is 31.2 Å². The molecule has 7 nitrogen and oxygen atoms in total. The molecule has 0 atom stereocenters. The summed E-state index contributed by atoms with van der Waals surface area (Å²) in [6.07, 6.45) is -0.0481. The number of benzene rings is 1. The van der Waals surface area contributed by atoms with Crippen LogP contribution < -0.4 is 10.1 Å². The van der Waals surface area contributed by atoms with Gasteiger partial charge in [0.1, 0.15) is 11.3 Å². The van der Waals surface area contributed by atoms with Crippen LogP contribution in [0.5, 0.6) is 5.75 Å². The highest BCUT2D eigenvalue weighted by atomic mass is 79.9. The molecule has 0 unspecified atom stereocenters. The molecule has 0 bridgehead atoms. The molecule has 2 aromatic rings. The Morgan fingerprint density at radius 2 is 2.00 bits per heavy atom. The fraction of sp³-hybridized carbons (Fsp3) is 0.444. The molecule has 3 rings (SSSR count). The predicted octanol–water partition coefficient (Wildman–Crippen LogP) is 2.57. The second-order valence-corrected chi connectivity index (χ2v) is 7.06. The molecular weight excluding hydrogens is 404 g/mol. The number of nitrogens with zero attached hydrogens (tertiary/aromatic N) is 1. The van der Waals surface area contributed by atoms with Gasteiger partial charge in [0.15, 0.2) is 4.67 Å². The van der Waals surface area contributed by atoms with Gasteiger partial charge in [0, 0.05) is 24.7 Å². The van der Waals surface area contributed by atoms with Gasteiger partial charge in [-0.05, 0) is 41.9 Å². The van der Waals surface area contributed by atoms with Gasteiger partial charge < -0.3 is 24.1 Å². The van der Waals surface area contributed by atoms with Crippen molar-refractivity contribution in [1.82, 2.24) is 10.2 Å². The van der Waals surface area contributed by atoms with E-state index < -0.39 is 0 Å². The molecule has 1 fully saturated rings. The van der Waals surface area contributed by atoms with Crippen LogP contribution in [0.4, 0.5) is 0 Å². The molecule has 1 aromatic carbocycles. The lowest BCUT2D eigenvalue weighted by atomic mass is 10.1.